The van der Waals surface area contributed by atoms with E-state index < -0.39 is 0 Å². The van der Waals surface area contributed by atoms with Gasteiger partial charge in [0, 0.05) is 38.3 Å². The normalized spacial score (nSPS) is 15.3. The molecular weight excluding hydrogens is 408 g/mol. The van der Waals surface area contributed by atoms with Gasteiger partial charge < -0.3 is 20.3 Å². The van der Waals surface area contributed by atoms with Crippen LogP contribution in [0.3, 0.4) is 0 Å². The van der Waals surface area contributed by atoms with Crippen molar-refractivity contribution in [1.82, 2.24) is 15.5 Å². The molecule has 150 valence electrons. The Morgan fingerprint density at radius 3 is 2.56 bits per heavy atom. The van der Waals surface area contributed by atoms with Crippen LogP contribution >= 0.6 is 15.9 Å². The number of aliphatic imine (C=N–C) groups is 1. The number of likely N-dealkylation sites (N-methyl/N-ethyl adjacent to an activating group) is 1. The molecule has 27 heavy (non-hydrogen) atoms. The van der Waals surface area contributed by atoms with Gasteiger partial charge in [-0.2, -0.15) is 0 Å². The quantitative estimate of drug-likeness (QED) is 0.334. The molecule has 1 aliphatic rings. The van der Waals surface area contributed by atoms with Gasteiger partial charge in [-0.05, 0) is 49.3 Å². The van der Waals surface area contributed by atoms with E-state index in [1.54, 1.807) is 19.0 Å². The van der Waals surface area contributed by atoms with Crippen molar-refractivity contribution in [2.75, 3.05) is 40.4 Å². The van der Waals surface area contributed by atoms with E-state index in [4.69, 9.17) is 4.74 Å². The number of hydrogen-bond donors (Lipinski definition) is 2. The van der Waals surface area contributed by atoms with Gasteiger partial charge in [-0.15, -0.1) is 0 Å². The zero-order chi connectivity index (χ0) is 19.7. The topological polar surface area (TPSA) is 66.0 Å². The summed E-state index contributed by atoms with van der Waals surface area (Å²) in [4.78, 5) is 18.1. The van der Waals surface area contributed by atoms with Crippen LogP contribution in [0, 0.1) is 5.41 Å². The van der Waals surface area contributed by atoms with Crippen LogP contribution in [0.25, 0.3) is 0 Å². The fourth-order valence-electron chi connectivity index (χ4n) is 2.65. The number of ether oxygens (including phenoxy) is 1. The summed E-state index contributed by atoms with van der Waals surface area (Å²) in [5.41, 5.74) is 1.43. The molecular formula is C20H31BrN4O2. The van der Waals surface area contributed by atoms with Gasteiger partial charge in [-0.25, -0.2) is 4.99 Å². The first-order valence-electron chi connectivity index (χ1n) is 9.49. The smallest absolute Gasteiger partial charge is 0.241 e. The number of nitrogens with zero attached hydrogens (tertiary/aromatic N) is 2. The van der Waals surface area contributed by atoms with Gasteiger partial charge in [-0.3, -0.25) is 4.79 Å². The van der Waals surface area contributed by atoms with Gasteiger partial charge in [-0.1, -0.05) is 28.1 Å². The Balaban J connectivity index is 1.93. The van der Waals surface area contributed by atoms with E-state index in [2.05, 4.69) is 31.6 Å². The highest BCUT2D eigenvalue weighted by atomic mass is 79.9. The molecule has 1 amide bonds. The predicted molar refractivity (Wildman–Crippen MR) is 113 cm³/mol. The molecule has 0 radical (unpaired) electrons. The van der Waals surface area contributed by atoms with Crippen LogP contribution < -0.4 is 10.6 Å². The SMILES string of the molecule is CCOCCC1(CNC(=NCc2ccc(Br)cc2)NCC(=O)N(C)C)CC1. The second kappa shape index (κ2) is 10.7. The minimum absolute atomic E-state index is 0.0191. The first-order chi connectivity index (χ1) is 12.9. The summed E-state index contributed by atoms with van der Waals surface area (Å²) in [6.45, 7) is 5.22. The number of carbonyl (C=O) groups excluding carboxylic acids is 1. The highest BCUT2D eigenvalue weighted by Gasteiger charge is 2.41. The third-order valence-corrected chi connectivity index (χ3v) is 5.34. The van der Waals surface area contributed by atoms with E-state index >= 15 is 0 Å². The summed E-state index contributed by atoms with van der Waals surface area (Å²) in [6, 6.07) is 8.10. The fraction of sp³-hybridized carbons (Fsp3) is 0.600. The first-order valence-corrected chi connectivity index (χ1v) is 10.3. The lowest BCUT2D eigenvalue weighted by atomic mass is 10.0. The van der Waals surface area contributed by atoms with Gasteiger partial charge in [0.05, 0.1) is 13.1 Å². The zero-order valence-corrected chi connectivity index (χ0v) is 18.1. The maximum Gasteiger partial charge on any atom is 0.241 e. The van der Waals surface area contributed by atoms with Crippen molar-refractivity contribution in [2.45, 2.75) is 32.7 Å². The minimum atomic E-state index is 0.0191. The largest absolute Gasteiger partial charge is 0.382 e. The van der Waals surface area contributed by atoms with E-state index in [1.165, 1.54) is 12.8 Å². The van der Waals surface area contributed by atoms with Crippen molar-refractivity contribution in [2.24, 2.45) is 10.4 Å². The van der Waals surface area contributed by atoms with Crippen LogP contribution in [0.5, 0.6) is 0 Å². The van der Waals surface area contributed by atoms with Crippen LogP contribution in [0.15, 0.2) is 33.7 Å². The Morgan fingerprint density at radius 1 is 1.26 bits per heavy atom. The third kappa shape index (κ3) is 7.89. The number of hydrogen-bond acceptors (Lipinski definition) is 3. The van der Waals surface area contributed by atoms with Crippen LogP contribution in [0.2, 0.25) is 0 Å². The maximum absolute atomic E-state index is 11.9. The molecule has 1 aliphatic carbocycles. The maximum atomic E-state index is 11.9. The van der Waals surface area contributed by atoms with Crippen LogP contribution in [0.4, 0.5) is 0 Å². The molecule has 0 bridgehead atoms. The Labute approximate surface area is 170 Å². The molecule has 7 heteroatoms. The first kappa shape index (κ1) is 21.7. The summed E-state index contributed by atoms with van der Waals surface area (Å²) < 4.78 is 6.56. The zero-order valence-electron chi connectivity index (χ0n) is 16.6. The highest BCUT2D eigenvalue weighted by Crippen LogP contribution is 2.48. The molecule has 6 nitrogen and oxygen atoms in total. The van der Waals surface area contributed by atoms with Crippen LogP contribution in [-0.4, -0.2) is 57.2 Å². The van der Waals surface area contributed by atoms with E-state index in [9.17, 15) is 4.79 Å². The number of rotatable bonds is 10. The summed E-state index contributed by atoms with van der Waals surface area (Å²) >= 11 is 3.45. The van der Waals surface area contributed by atoms with Crippen molar-refractivity contribution < 1.29 is 9.53 Å². The standard InChI is InChI=1S/C20H31BrN4O2/c1-4-27-12-11-20(9-10-20)15-24-19(23-14-18(26)25(2)3)22-13-16-5-7-17(21)8-6-16/h5-8H,4,9-15H2,1-3H3,(H2,22,23,24). The molecule has 1 saturated carbocycles. The van der Waals surface area contributed by atoms with Crippen molar-refractivity contribution in [3.05, 3.63) is 34.3 Å². The average molecular weight is 439 g/mol. The summed E-state index contributed by atoms with van der Waals surface area (Å²) in [5.74, 6) is 0.696. The molecule has 0 heterocycles. The van der Waals surface area contributed by atoms with Crippen molar-refractivity contribution in [1.29, 1.82) is 0 Å². The number of halogens is 1. The highest BCUT2D eigenvalue weighted by molar-refractivity contribution is 9.10. The number of guanidine groups is 1. The molecule has 0 spiro atoms. The number of nitrogens with one attached hydrogen (secondary N) is 2. The molecule has 0 aromatic heterocycles. The van der Waals surface area contributed by atoms with E-state index in [-0.39, 0.29) is 12.5 Å². The minimum Gasteiger partial charge on any atom is -0.382 e. The third-order valence-electron chi connectivity index (χ3n) is 4.81. The Kier molecular flexibility index (Phi) is 8.57. The summed E-state index contributed by atoms with van der Waals surface area (Å²) in [6.07, 6.45) is 3.48. The van der Waals surface area contributed by atoms with Gasteiger partial charge >= 0.3 is 0 Å². The Morgan fingerprint density at radius 2 is 1.96 bits per heavy atom. The Bertz CT molecular complexity index is 627. The van der Waals surface area contributed by atoms with Gasteiger partial charge in [0.25, 0.3) is 0 Å². The monoisotopic (exact) mass is 438 g/mol. The molecule has 1 aromatic rings. The molecule has 2 rings (SSSR count). The summed E-state index contributed by atoms with van der Waals surface area (Å²) in [7, 11) is 3.51. The molecule has 1 fully saturated rings. The fourth-order valence-corrected chi connectivity index (χ4v) is 2.91. The van der Waals surface area contributed by atoms with Crippen LogP contribution in [0.1, 0.15) is 31.7 Å². The molecule has 0 aliphatic heterocycles. The number of carbonyl (C=O) groups is 1. The Hall–Kier alpha value is -1.60. The van der Waals surface area contributed by atoms with Gasteiger partial charge in [0.2, 0.25) is 5.91 Å². The lowest BCUT2D eigenvalue weighted by Gasteiger charge is -2.19. The number of benzene rings is 1. The van der Waals surface area contributed by atoms with Crippen molar-refractivity contribution in [3.8, 4) is 0 Å². The molecule has 1 aromatic carbocycles. The van der Waals surface area contributed by atoms with Gasteiger partial charge in [0.15, 0.2) is 5.96 Å². The molecule has 0 atom stereocenters. The molecule has 0 saturated heterocycles. The van der Waals surface area contributed by atoms with E-state index in [1.807, 2.05) is 31.2 Å². The van der Waals surface area contributed by atoms with Gasteiger partial charge in [0.1, 0.15) is 0 Å². The molecule has 0 unspecified atom stereocenters. The predicted octanol–water partition coefficient (Wildman–Crippen LogP) is 2.78. The van der Waals surface area contributed by atoms with Crippen molar-refractivity contribution >= 4 is 27.8 Å². The average Bonchev–Trinajstić information content (AvgIpc) is 3.42. The molecule has 2 N–H and O–H groups in total. The summed E-state index contributed by atoms with van der Waals surface area (Å²) in [5, 5.41) is 6.59. The second-order valence-corrected chi connectivity index (χ2v) is 8.15. The van der Waals surface area contributed by atoms with Crippen molar-refractivity contribution in [3.63, 3.8) is 0 Å². The lowest BCUT2D eigenvalue weighted by Crippen LogP contribution is -2.44. The number of amides is 1. The lowest BCUT2D eigenvalue weighted by molar-refractivity contribution is -0.127. The second-order valence-electron chi connectivity index (χ2n) is 7.23. The van der Waals surface area contributed by atoms with E-state index in [0.29, 0.717) is 17.9 Å². The van der Waals surface area contributed by atoms with E-state index in [0.717, 1.165) is 36.2 Å². The van der Waals surface area contributed by atoms with Crippen LogP contribution in [-0.2, 0) is 16.1 Å².